The second-order valence-electron chi connectivity index (χ2n) is 7.02. The van der Waals surface area contributed by atoms with Gasteiger partial charge in [-0.1, -0.05) is 0 Å². The number of ether oxygens (including phenoxy) is 3. The maximum Gasteiger partial charge on any atom is 0.385 e. The van der Waals surface area contributed by atoms with Gasteiger partial charge in [-0.3, -0.25) is 4.79 Å². The Morgan fingerprint density at radius 3 is 1.14 bits per heavy atom. The molecule has 0 radical (unpaired) electrons. The van der Waals surface area contributed by atoms with Crippen LogP contribution in [0.3, 0.4) is 0 Å². The van der Waals surface area contributed by atoms with Crippen molar-refractivity contribution in [3.8, 4) is 0 Å². The molecule has 0 heterocycles. The van der Waals surface area contributed by atoms with Gasteiger partial charge in [-0.15, -0.1) is 0 Å². The molecule has 0 fully saturated rings. The predicted octanol–water partition coefficient (Wildman–Crippen LogP) is 4.66. The average Bonchev–Trinajstić information content (AvgIpc) is 2.72. The fourth-order valence-electron chi connectivity index (χ4n) is 2.14. The van der Waals surface area contributed by atoms with Crippen LogP contribution in [-0.4, -0.2) is 98.1 Å². The van der Waals surface area contributed by atoms with E-state index in [2.05, 4.69) is 14.2 Å². The van der Waals surface area contributed by atoms with Crippen LogP contribution in [0.25, 0.3) is 0 Å². The molecule has 0 saturated heterocycles. The molecule has 0 saturated carbocycles. The van der Waals surface area contributed by atoms with Crippen LogP contribution in [0.1, 0.15) is 6.92 Å². The molecule has 0 bridgehead atoms. The number of aliphatic hydroxyl groups excluding tert-OH is 1. The Morgan fingerprint density at radius 2 is 0.838 bits per heavy atom. The van der Waals surface area contributed by atoms with Crippen molar-refractivity contribution in [1.29, 1.82) is 0 Å². The van der Waals surface area contributed by atoms with E-state index in [1.807, 2.05) is 0 Å². The standard InChI is InChI=1S/C16H16F16O5/c1-8(34)37-5-4-36-7-10(19,20)12(23,24)14(27,28)16(31,32)15(29,30)13(25,26)11(21,22)9(17,18)6-35-3-2-33/h33H,2-7H2,1H3. The number of alkyl halides is 16. The maximum atomic E-state index is 13.7. The number of halogens is 16. The monoisotopic (exact) mass is 592 g/mol. The molecule has 1 N–H and O–H groups in total. The number of esters is 1. The lowest BCUT2D eigenvalue weighted by Gasteiger charge is -2.43. The molecule has 0 atom stereocenters. The van der Waals surface area contributed by atoms with Gasteiger partial charge in [-0.05, 0) is 0 Å². The van der Waals surface area contributed by atoms with E-state index >= 15 is 0 Å². The summed E-state index contributed by atoms with van der Waals surface area (Å²) < 4.78 is 229. The fraction of sp³-hybridized carbons (Fsp3) is 0.938. The number of carbonyl (C=O) groups is 1. The topological polar surface area (TPSA) is 65.0 Å². The van der Waals surface area contributed by atoms with Gasteiger partial charge in [-0.2, -0.15) is 70.2 Å². The Morgan fingerprint density at radius 1 is 0.541 bits per heavy atom. The Kier molecular flexibility index (Phi) is 10.6. The molecule has 0 aromatic rings. The number of rotatable bonds is 16. The van der Waals surface area contributed by atoms with Gasteiger partial charge in [0.25, 0.3) is 0 Å². The summed E-state index contributed by atoms with van der Waals surface area (Å²) >= 11 is 0. The van der Waals surface area contributed by atoms with Crippen molar-refractivity contribution >= 4 is 5.97 Å². The van der Waals surface area contributed by atoms with Crippen LogP contribution in [0.4, 0.5) is 70.2 Å². The molecule has 0 aromatic heterocycles. The number of hydrogen-bond donors (Lipinski definition) is 1. The van der Waals surface area contributed by atoms with Crippen molar-refractivity contribution in [1.82, 2.24) is 0 Å². The van der Waals surface area contributed by atoms with E-state index < -0.39 is 93.0 Å². The first-order chi connectivity index (χ1) is 16.2. The molecule has 0 aliphatic heterocycles. The van der Waals surface area contributed by atoms with Crippen LogP contribution in [0.15, 0.2) is 0 Å². The molecular weight excluding hydrogens is 576 g/mol. The Balaban J connectivity index is 6.26. The van der Waals surface area contributed by atoms with Gasteiger partial charge in [0, 0.05) is 6.92 Å². The second kappa shape index (κ2) is 11.1. The van der Waals surface area contributed by atoms with Gasteiger partial charge in [0.2, 0.25) is 0 Å². The highest BCUT2D eigenvalue weighted by Gasteiger charge is 2.94. The molecule has 222 valence electrons. The van der Waals surface area contributed by atoms with E-state index in [1.165, 1.54) is 0 Å². The van der Waals surface area contributed by atoms with E-state index in [1.54, 1.807) is 0 Å². The van der Waals surface area contributed by atoms with Crippen LogP contribution in [0.2, 0.25) is 0 Å². The lowest BCUT2D eigenvalue weighted by molar-refractivity contribution is -0.455. The largest absolute Gasteiger partial charge is 0.463 e. The summed E-state index contributed by atoms with van der Waals surface area (Å²) in [5, 5.41) is 8.23. The highest BCUT2D eigenvalue weighted by atomic mass is 19.4. The lowest BCUT2D eigenvalue weighted by Crippen LogP contribution is -2.75. The molecule has 0 amide bonds. The van der Waals surface area contributed by atoms with Gasteiger partial charge in [0.1, 0.15) is 19.8 Å². The molecule has 5 nitrogen and oxygen atoms in total. The van der Waals surface area contributed by atoms with Crippen LogP contribution in [0.5, 0.6) is 0 Å². The summed E-state index contributed by atoms with van der Waals surface area (Å²) in [6, 6.07) is 0. The van der Waals surface area contributed by atoms with E-state index in [9.17, 15) is 75.0 Å². The summed E-state index contributed by atoms with van der Waals surface area (Å²) in [5.41, 5.74) is 0. The zero-order chi connectivity index (χ0) is 29.9. The molecule has 0 aliphatic rings. The van der Waals surface area contributed by atoms with Crippen molar-refractivity contribution < 1.29 is 94.4 Å². The molecule has 21 heteroatoms. The minimum absolute atomic E-state index is 0.739. The quantitative estimate of drug-likeness (QED) is 0.161. The van der Waals surface area contributed by atoms with Crippen LogP contribution in [-0.2, 0) is 19.0 Å². The average molecular weight is 592 g/mol. The second-order valence-corrected chi connectivity index (χ2v) is 7.02. The molecule has 0 unspecified atom stereocenters. The number of hydrogen-bond acceptors (Lipinski definition) is 5. The summed E-state index contributed by atoms with van der Waals surface area (Å²) in [6.07, 6.45) is 0. The summed E-state index contributed by atoms with van der Waals surface area (Å²) in [5.74, 6) is -63.5. The van der Waals surface area contributed by atoms with E-state index in [0.717, 1.165) is 6.92 Å². The van der Waals surface area contributed by atoms with Crippen molar-refractivity contribution in [2.45, 2.75) is 54.3 Å². The highest BCUT2D eigenvalue weighted by Crippen LogP contribution is 2.63. The first kappa shape index (κ1) is 35.2. The number of carbonyl (C=O) groups excluding carboxylic acids is 1. The van der Waals surface area contributed by atoms with Crippen molar-refractivity contribution in [3.05, 3.63) is 0 Å². The van der Waals surface area contributed by atoms with E-state index in [0.29, 0.717) is 0 Å². The van der Waals surface area contributed by atoms with E-state index in [4.69, 9.17) is 5.11 Å². The third-order valence-electron chi connectivity index (χ3n) is 4.23. The molecule has 0 spiro atoms. The Labute approximate surface area is 195 Å². The minimum Gasteiger partial charge on any atom is -0.463 e. The van der Waals surface area contributed by atoms with Gasteiger partial charge >= 0.3 is 53.3 Å². The predicted molar refractivity (Wildman–Crippen MR) is 84.9 cm³/mol. The first-order valence-corrected chi connectivity index (χ1v) is 9.15. The zero-order valence-corrected chi connectivity index (χ0v) is 17.9. The SMILES string of the molecule is CC(=O)OCCOCC(F)(F)C(F)(F)C(F)(F)C(F)(F)C(F)(F)C(F)(F)C(F)(F)C(F)(F)COCCO. The molecular formula is C16H16F16O5. The molecule has 0 rings (SSSR count). The Hall–Kier alpha value is -1.77. The van der Waals surface area contributed by atoms with Crippen LogP contribution in [0, 0.1) is 0 Å². The van der Waals surface area contributed by atoms with E-state index in [-0.39, 0.29) is 0 Å². The summed E-state index contributed by atoms with van der Waals surface area (Å²) in [6.45, 7) is -10.1. The third kappa shape index (κ3) is 6.12. The summed E-state index contributed by atoms with van der Waals surface area (Å²) in [7, 11) is 0. The third-order valence-corrected chi connectivity index (χ3v) is 4.23. The first-order valence-electron chi connectivity index (χ1n) is 9.15. The zero-order valence-electron chi connectivity index (χ0n) is 17.9. The molecule has 0 aromatic carbocycles. The van der Waals surface area contributed by atoms with Gasteiger partial charge in [-0.25, -0.2) is 0 Å². The van der Waals surface area contributed by atoms with Crippen molar-refractivity contribution in [3.63, 3.8) is 0 Å². The van der Waals surface area contributed by atoms with Gasteiger partial charge in [0.15, 0.2) is 0 Å². The normalized spacial score (nSPS) is 15.2. The number of aliphatic hydroxyl groups is 1. The molecule has 37 heavy (non-hydrogen) atoms. The minimum atomic E-state index is -8.54. The van der Waals surface area contributed by atoms with Crippen molar-refractivity contribution in [2.75, 3.05) is 39.6 Å². The van der Waals surface area contributed by atoms with Crippen molar-refractivity contribution in [2.24, 2.45) is 0 Å². The van der Waals surface area contributed by atoms with Gasteiger partial charge in [0.05, 0.1) is 19.8 Å². The Bertz CT molecular complexity index is 770. The highest BCUT2D eigenvalue weighted by molar-refractivity contribution is 5.65. The van der Waals surface area contributed by atoms with Crippen LogP contribution >= 0.6 is 0 Å². The fourth-order valence-corrected chi connectivity index (χ4v) is 2.14. The lowest BCUT2D eigenvalue weighted by atomic mass is 9.88. The molecule has 0 aliphatic carbocycles. The summed E-state index contributed by atoms with van der Waals surface area (Å²) in [4.78, 5) is 10.4. The van der Waals surface area contributed by atoms with Crippen LogP contribution < -0.4 is 0 Å². The maximum absolute atomic E-state index is 13.7. The smallest absolute Gasteiger partial charge is 0.385 e. The van der Waals surface area contributed by atoms with Gasteiger partial charge < -0.3 is 19.3 Å².